The first-order valence-electron chi connectivity index (χ1n) is 7.29. The van der Waals surface area contributed by atoms with E-state index >= 15 is 0 Å². The minimum absolute atomic E-state index is 0.0572. The van der Waals surface area contributed by atoms with Crippen LogP contribution in [0, 0.1) is 20.8 Å². The summed E-state index contributed by atoms with van der Waals surface area (Å²) in [4.78, 5) is 16.1. The summed E-state index contributed by atoms with van der Waals surface area (Å²) < 4.78 is 1.88. The molecule has 0 bridgehead atoms. The van der Waals surface area contributed by atoms with E-state index in [9.17, 15) is 4.79 Å². The van der Waals surface area contributed by atoms with Gasteiger partial charge in [-0.1, -0.05) is 6.07 Å². The Labute approximate surface area is 128 Å². The van der Waals surface area contributed by atoms with E-state index in [2.05, 4.69) is 40.5 Å². The van der Waals surface area contributed by atoms with E-state index in [1.165, 1.54) is 0 Å². The van der Waals surface area contributed by atoms with Crippen LogP contribution in [0.5, 0.6) is 0 Å². The van der Waals surface area contributed by atoms with Gasteiger partial charge in [-0.05, 0) is 55.7 Å². The van der Waals surface area contributed by atoms with Gasteiger partial charge in [-0.2, -0.15) is 5.10 Å². The SMILES string of the molecule is Cc1nc2ccc(C)c(-c3cc(C)c4c(c3)CC(=O)N4)n2n1. The van der Waals surface area contributed by atoms with Crippen LogP contribution < -0.4 is 5.32 Å². The van der Waals surface area contributed by atoms with Crippen molar-refractivity contribution in [3.05, 3.63) is 46.8 Å². The molecule has 0 unspecified atom stereocenters. The highest BCUT2D eigenvalue weighted by molar-refractivity contribution is 6.00. The van der Waals surface area contributed by atoms with Gasteiger partial charge in [0.2, 0.25) is 5.91 Å². The van der Waals surface area contributed by atoms with Crippen LogP contribution in [0.25, 0.3) is 16.9 Å². The predicted molar refractivity (Wildman–Crippen MR) is 85.0 cm³/mol. The number of aromatic nitrogens is 3. The molecule has 1 aliphatic heterocycles. The highest BCUT2D eigenvalue weighted by atomic mass is 16.1. The van der Waals surface area contributed by atoms with E-state index in [-0.39, 0.29) is 5.91 Å². The van der Waals surface area contributed by atoms with Gasteiger partial charge in [0, 0.05) is 11.3 Å². The number of hydrogen-bond acceptors (Lipinski definition) is 3. The maximum atomic E-state index is 11.6. The number of amides is 1. The zero-order chi connectivity index (χ0) is 15.4. The lowest BCUT2D eigenvalue weighted by molar-refractivity contribution is -0.115. The summed E-state index contributed by atoms with van der Waals surface area (Å²) in [5, 5.41) is 7.44. The molecule has 0 spiro atoms. The minimum atomic E-state index is 0.0572. The first kappa shape index (κ1) is 13.0. The molecule has 0 fully saturated rings. The van der Waals surface area contributed by atoms with Crippen LogP contribution in [0.3, 0.4) is 0 Å². The smallest absolute Gasteiger partial charge is 0.228 e. The van der Waals surface area contributed by atoms with E-state index in [0.29, 0.717) is 6.42 Å². The van der Waals surface area contributed by atoms with Gasteiger partial charge in [0.15, 0.2) is 5.65 Å². The normalized spacial score (nSPS) is 13.5. The fourth-order valence-electron chi connectivity index (χ4n) is 3.17. The summed E-state index contributed by atoms with van der Waals surface area (Å²) in [5.41, 5.74) is 7.15. The molecule has 22 heavy (non-hydrogen) atoms. The molecule has 0 saturated heterocycles. The molecule has 0 atom stereocenters. The standard InChI is InChI=1S/C17H16N4O/c1-9-4-5-14-18-11(3)20-21(14)17(9)13-6-10(2)16-12(7-13)8-15(22)19-16/h4-7H,8H2,1-3H3,(H,19,22). The Bertz CT molecular complexity index is 939. The molecule has 0 radical (unpaired) electrons. The van der Waals surface area contributed by atoms with E-state index < -0.39 is 0 Å². The summed E-state index contributed by atoms with van der Waals surface area (Å²) in [6.45, 7) is 5.98. The Morgan fingerprint density at radius 2 is 1.95 bits per heavy atom. The number of aryl methyl sites for hydroxylation is 3. The molecule has 110 valence electrons. The summed E-state index contributed by atoms with van der Waals surface area (Å²) in [5.74, 6) is 0.809. The number of benzene rings is 1. The second-order valence-corrected chi connectivity index (χ2v) is 5.85. The fraction of sp³-hybridized carbons (Fsp3) is 0.235. The van der Waals surface area contributed by atoms with Crippen molar-refractivity contribution in [2.24, 2.45) is 0 Å². The number of rotatable bonds is 1. The Morgan fingerprint density at radius 3 is 2.77 bits per heavy atom. The zero-order valence-electron chi connectivity index (χ0n) is 12.8. The summed E-state index contributed by atoms with van der Waals surface area (Å²) in [7, 11) is 0. The number of hydrogen-bond donors (Lipinski definition) is 1. The van der Waals surface area contributed by atoms with Crippen molar-refractivity contribution in [1.82, 2.24) is 14.6 Å². The second-order valence-electron chi connectivity index (χ2n) is 5.85. The first-order valence-corrected chi connectivity index (χ1v) is 7.29. The van der Waals surface area contributed by atoms with Crippen LogP contribution in [0.2, 0.25) is 0 Å². The molecule has 4 rings (SSSR count). The van der Waals surface area contributed by atoms with Gasteiger partial charge in [-0.15, -0.1) is 0 Å². The highest BCUT2D eigenvalue weighted by Crippen LogP contribution is 2.33. The van der Waals surface area contributed by atoms with Gasteiger partial charge in [0.25, 0.3) is 0 Å². The Morgan fingerprint density at radius 1 is 1.14 bits per heavy atom. The molecule has 1 amide bonds. The number of carbonyl (C=O) groups is 1. The largest absolute Gasteiger partial charge is 0.325 e. The molecule has 5 heteroatoms. The third kappa shape index (κ3) is 1.82. The second kappa shape index (κ2) is 4.40. The maximum Gasteiger partial charge on any atom is 0.228 e. The average Bonchev–Trinajstić information content (AvgIpc) is 3.00. The van der Waals surface area contributed by atoms with Gasteiger partial charge in [-0.3, -0.25) is 4.79 Å². The lowest BCUT2D eigenvalue weighted by Crippen LogP contribution is -2.04. The van der Waals surface area contributed by atoms with E-state index in [4.69, 9.17) is 0 Å². The van der Waals surface area contributed by atoms with E-state index in [1.807, 2.05) is 24.4 Å². The van der Waals surface area contributed by atoms with Crippen LogP contribution in [-0.2, 0) is 11.2 Å². The highest BCUT2D eigenvalue weighted by Gasteiger charge is 2.21. The van der Waals surface area contributed by atoms with Crippen molar-refractivity contribution in [2.75, 3.05) is 5.32 Å². The topological polar surface area (TPSA) is 59.3 Å². The Hall–Kier alpha value is -2.69. The van der Waals surface area contributed by atoms with Gasteiger partial charge >= 0.3 is 0 Å². The fourth-order valence-corrected chi connectivity index (χ4v) is 3.17. The Balaban J connectivity index is 2.00. The van der Waals surface area contributed by atoms with Crippen LogP contribution in [-0.4, -0.2) is 20.5 Å². The van der Waals surface area contributed by atoms with Crippen molar-refractivity contribution in [2.45, 2.75) is 27.2 Å². The minimum Gasteiger partial charge on any atom is -0.325 e. The molecule has 3 aromatic rings. The molecule has 1 aliphatic rings. The molecular formula is C17H16N4O. The summed E-state index contributed by atoms with van der Waals surface area (Å²) in [6, 6.07) is 8.22. The van der Waals surface area contributed by atoms with Crippen LogP contribution in [0.15, 0.2) is 24.3 Å². The number of nitrogens with zero attached hydrogens (tertiary/aromatic N) is 3. The van der Waals surface area contributed by atoms with Crippen LogP contribution in [0.4, 0.5) is 5.69 Å². The number of anilines is 1. The van der Waals surface area contributed by atoms with Crippen molar-refractivity contribution in [3.63, 3.8) is 0 Å². The van der Waals surface area contributed by atoms with Gasteiger partial charge in [0.05, 0.1) is 12.1 Å². The quantitative estimate of drug-likeness (QED) is 0.750. The summed E-state index contributed by atoms with van der Waals surface area (Å²) >= 11 is 0. The number of pyridine rings is 1. The third-order valence-electron chi connectivity index (χ3n) is 4.11. The predicted octanol–water partition coefficient (Wildman–Crippen LogP) is 2.82. The molecule has 3 heterocycles. The molecule has 1 N–H and O–H groups in total. The molecule has 0 saturated carbocycles. The van der Waals surface area contributed by atoms with Crippen molar-refractivity contribution < 1.29 is 4.79 Å². The van der Waals surface area contributed by atoms with E-state index in [0.717, 1.165) is 45.1 Å². The van der Waals surface area contributed by atoms with Crippen molar-refractivity contribution in [1.29, 1.82) is 0 Å². The molecule has 5 nitrogen and oxygen atoms in total. The van der Waals surface area contributed by atoms with Crippen LogP contribution in [0.1, 0.15) is 22.5 Å². The molecule has 1 aromatic carbocycles. The third-order valence-corrected chi connectivity index (χ3v) is 4.11. The van der Waals surface area contributed by atoms with Gasteiger partial charge in [-0.25, -0.2) is 9.50 Å². The lowest BCUT2D eigenvalue weighted by Gasteiger charge is -2.12. The average molecular weight is 292 g/mol. The van der Waals surface area contributed by atoms with E-state index in [1.54, 1.807) is 0 Å². The van der Waals surface area contributed by atoms with Gasteiger partial charge in [0.1, 0.15) is 5.82 Å². The first-order chi connectivity index (χ1) is 10.5. The number of fused-ring (bicyclic) bond motifs is 2. The Kier molecular flexibility index (Phi) is 2.60. The molecule has 2 aromatic heterocycles. The maximum absolute atomic E-state index is 11.6. The number of carbonyl (C=O) groups excluding carboxylic acids is 1. The van der Waals surface area contributed by atoms with Crippen molar-refractivity contribution in [3.8, 4) is 11.3 Å². The number of nitrogens with one attached hydrogen (secondary N) is 1. The van der Waals surface area contributed by atoms with Crippen molar-refractivity contribution >= 4 is 17.2 Å². The van der Waals surface area contributed by atoms with Crippen LogP contribution >= 0.6 is 0 Å². The monoisotopic (exact) mass is 292 g/mol. The summed E-state index contributed by atoms with van der Waals surface area (Å²) in [6.07, 6.45) is 0.440. The molecule has 0 aliphatic carbocycles. The lowest BCUT2D eigenvalue weighted by atomic mass is 9.99. The molecular weight excluding hydrogens is 276 g/mol. The zero-order valence-corrected chi connectivity index (χ0v) is 12.8. The van der Waals surface area contributed by atoms with Gasteiger partial charge < -0.3 is 5.32 Å².